The molecule has 0 unspecified atom stereocenters. The molecule has 0 saturated heterocycles. The summed E-state index contributed by atoms with van der Waals surface area (Å²) in [6.45, 7) is 1.80. The largest absolute Gasteiger partial charge is 0.311 e. The van der Waals surface area contributed by atoms with Crippen molar-refractivity contribution in [3.63, 3.8) is 0 Å². The van der Waals surface area contributed by atoms with Gasteiger partial charge in [0.1, 0.15) is 5.82 Å². The Labute approximate surface area is 58.6 Å². The molecule has 0 spiro atoms. The summed E-state index contributed by atoms with van der Waals surface area (Å²) >= 11 is 0. The lowest BCUT2D eigenvalue weighted by Crippen LogP contribution is -2.09. The number of hydrogen-bond acceptors (Lipinski definition) is 2. The standard InChI is InChI=1S/C6H9N3O/c1-2-6(10)8-5-3-4-7-9-5/h3-4H,2H2,1H3,(H2,7,8,9,10). The van der Waals surface area contributed by atoms with Crippen LogP contribution in [0.3, 0.4) is 0 Å². The molecule has 1 aromatic rings. The highest BCUT2D eigenvalue weighted by Crippen LogP contribution is 1.98. The number of carbonyl (C=O) groups excluding carboxylic acids is 1. The minimum Gasteiger partial charge on any atom is -0.311 e. The molecule has 0 aliphatic rings. The maximum Gasteiger partial charge on any atom is 0.225 e. The van der Waals surface area contributed by atoms with Crippen LogP contribution in [0.1, 0.15) is 13.3 Å². The molecule has 1 amide bonds. The molecular formula is C6H9N3O. The summed E-state index contributed by atoms with van der Waals surface area (Å²) in [6, 6.07) is 1.70. The molecule has 2 N–H and O–H groups in total. The summed E-state index contributed by atoms with van der Waals surface area (Å²) < 4.78 is 0. The number of aromatic nitrogens is 2. The van der Waals surface area contributed by atoms with E-state index in [4.69, 9.17) is 0 Å². The quantitative estimate of drug-likeness (QED) is 0.635. The summed E-state index contributed by atoms with van der Waals surface area (Å²) in [7, 11) is 0. The second kappa shape index (κ2) is 3.00. The van der Waals surface area contributed by atoms with Crippen LogP contribution in [0.5, 0.6) is 0 Å². The number of nitrogens with one attached hydrogen (secondary N) is 2. The second-order valence-electron chi connectivity index (χ2n) is 1.87. The lowest BCUT2D eigenvalue weighted by molar-refractivity contribution is -0.115. The van der Waals surface area contributed by atoms with Crippen molar-refractivity contribution in [2.45, 2.75) is 13.3 Å². The Bertz CT molecular complexity index is 205. The lowest BCUT2D eigenvalue weighted by atomic mass is 10.4. The molecule has 1 rings (SSSR count). The Kier molecular flexibility index (Phi) is 2.04. The Hall–Kier alpha value is -1.32. The topological polar surface area (TPSA) is 57.8 Å². The Morgan fingerprint density at radius 3 is 3.20 bits per heavy atom. The molecule has 0 fully saturated rings. The number of nitrogens with zero attached hydrogens (tertiary/aromatic N) is 1. The fourth-order valence-electron chi connectivity index (χ4n) is 0.564. The summed E-state index contributed by atoms with van der Waals surface area (Å²) in [5.74, 6) is 0.635. The molecular weight excluding hydrogens is 130 g/mol. The van der Waals surface area contributed by atoms with Gasteiger partial charge in [-0.2, -0.15) is 5.10 Å². The van der Waals surface area contributed by atoms with Gasteiger partial charge in [-0.25, -0.2) is 0 Å². The maximum absolute atomic E-state index is 10.7. The molecule has 0 saturated carbocycles. The third-order valence-corrected chi connectivity index (χ3v) is 1.10. The summed E-state index contributed by atoms with van der Waals surface area (Å²) in [5, 5.41) is 8.90. The number of rotatable bonds is 2. The van der Waals surface area contributed by atoms with Crippen LogP contribution in [0, 0.1) is 0 Å². The van der Waals surface area contributed by atoms with Crippen LogP contribution in [0.15, 0.2) is 12.3 Å². The normalized spacial score (nSPS) is 9.30. The van der Waals surface area contributed by atoms with Gasteiger partial charge >= 0.3 is 0 Å². The molecule has 4 nitrogen and oxygen atoms in total. The number of anilines is 1. The molecule has 0 radical (unpaired) electrons. The average Bonchev–Trinajstić information content (AvgIpc) is 2.40. The van der Waals surface area contributed by atoms with Crippen molar-refractivity contribution in [1.82, 2.24) is 10.2 Å². The van der Waals surface area contributed by atoms with Crippen molar-refractivity contribution >= 4 is 11.7 Å². The molecule has 10 heavy (non-hydrogen) atoms. The van der Waals surface area contributed by atoms with Crippen molar-refractivity contribution in [2.75, 3.05) is 5.32 Å². The third-order valence-electron chi connectivity index (χ3n) is 1.10. The highest BCUT2D eigenvalue weighted by Gasteiger charge is 1.96. The van der Waals surface area contributed by atoms with Crippen LogP contribution >= 0.6 is 0 Å². The first-order chi connectivity index (χ1) is 4.83. The van der Waals surface area contributed by atoms with Crippen molar-refractivity contribution in [2.24, 2.45) is 0 Å². The van der Waals surface area contributed by atoms with Crippen molar-refractivity contribution < 1.29 is 4.79 Å². The van der Waals surface area contributed by atoms with E-state index in [-0.39, 0.29) is 5.91 Å². The zero-order valence-corrected chi connectivity index (χ0v) is 5.72. The van der Waals surface area contributed by atoms with Gasteiger partial charge in [-0.3, -0.25) is 9.89 Å². The first-order valence-electron chi connectivity index (χ1n) is 3.12. The van der Waals surface area contributed by atoms with Crippen LogP contribution in [0.4, 0.5) is 5.82 Å². The minimum atomic E-state index is -0.00995. The van der Waals surface area contributed by atoms with Crippen LogP contribution in [-0.2, 0) is 4.79 Å². The van der Waals surface area contributed by atoms with Crippen LogP contribution in [0.25, 0.3) is 0 Å². The summed E-state index contributed by atoms with van der Waals surface area (Å²) in [6.07, 6.45) is 2.07. The van der Waals surface area contributed by atoms with Gasteiger partial charge in [0, 0.05) is 12.5 Å². The summed E-state index contributed by atoms with van der Waals surface area (Å²) in [4.78, 5) is 10.7. The molecule has 0 aliphatic carbocycles. The third kappa shape index (κ3) is 1.58. The number of H-pyrrole nitrogens is 1. The average molecular weight is 139 g/mol. The first-order valence-corrected chi connectivity index (χ1v) is 3.12. The van der Waals surface area contributed by atoms with Crippen LogP contribution < -0.4 is 5.32 Å². The van der Waals surface area contributed by atoms with E-state index in [1.54, 1.807) is 19.2 Å². The van der Waals surface area contributed by atoms with Gasteiger partial charge in [0.15, 0.2) is 0 Å². The zero-order chi connectivity index (χ0) is 7.40. The van der Waals surface area contributed by atoms with Gasteiger partial charge in [-0.05, 0) is 0 Å². The number of aromatic amines is 1. The van der Waals surface area contributed by atoms with E-state index >= 15 is 0 Å². The van der Waals surface area contributed by atoms with Gasteiger partial charge in [0.25, 0.3) is 0 Å². The van der Waals surface area contributed by atoms with E-state index in [1.807, 2.05) is 0 Å². The highest BCUT2D eigenvalue weighted by atomic mass is 16.1. The highest BCUT2D eigenvalue weighted by molar-refractivity contribution is 5.89. The molecule has 1 heterocycles. The fourth-order valence-corrected chi connectivity index (χ4v) is 0.564. The Morgan fingerprint density at radius 2 is 2.70 bits per heavy atom. The lowest BCUT2D eigenvalue weighted by Gasteiger charge is -1.96. The molecule has 0 bridgehead atoms. The van der Waals surface area contributed by atoms with Gasteiger partial charge in [0.05, 0.1) is 6.20 Å². The van der Waals surface area contributed by atoms with E-state index < -0.39 is 0 Å². The van der Waals surface area contributed by atoms with E-state index in [0.717, 1.165) is 0 Å². The minimum absolute atomic E-state index is 0.00995. The first kappa shape index (κ1) is 6.80. The van der Waals surface area contributed by atoms with E-state index in [2.05, 4.69) is 15.5 Å². The predicted octanol–water partition coefficient (Wildman–Crippen LogP) is 0.758. The molecule has 0 atom stereocenters. The smallest absolute Gasteiger partial charge is 0.225 e. The van der Waals surface area contributed by atoms with Crippen LogP contribution in [-0.4, -0.2) is 16.1 Å². The molecule has 4 heteroatoms. The van der Waals surface area contributed by atoms with Gasteiger partial charge in [-0.15, -0.1) is 0 Å². The SMILES string of the molecule is CCC(=O)Nc1ccn[nH]1. The van der Waals surface area contributed by atoms with Crippen molar-refractivity contribution in [3.8, 4) is 0 Å². The second-order valence-corrected chi connectivity index (χ2v) is 1.87. The van der Waals surface area contributed by atoms with Crippen molar-refractivity contribution in [1.29, 1.82) is 0 Å². The van der Waals surface area contributed by atoms with Crippen molar-refractivity contribution in [3.05, 3.63) is 12.3 Å². The number of carbonyl (C=O) groups is 1. The Morgan fingerprint density at radius 1 is 1.90 bits per heavy atom. The van der Waals surface area contributed by atoms with E-state index in [1.165, 1.54) is 0 Å². The maximum atomic E-state index is 10.7. The predicted molar refractivity (Wildman–Crippen MR) is 37.5 cm³/mol. The molecule has 0 aliphatic heterocycles. The Balaban J connectivity index is 2.48. The molecule has 0 aromatic carbocycles. The number of hydrogen-bond donors (Lipinski definition) is 2. The van der Waals surface area contributed by atoms with Crippen LogP contribution in [0.2, 0.25) is 0 Å². The fraction of sp³-hybridized carbons (Fsp3) is 0.333. The van der Waals surface area contributed by atoms with Gasteiger partial charge in [-0.1, -0.05) is 6.92 Å². The van der Waals surface area contributed by atoms with E-state index in [0.29, 0.717) is 12.2 Å². The van der Waals surface area contributed by atoms with E-state index in [9.17, 15) is 4.79 Å². The number of amides is 1. The molecule has 54 valence electrons. The summed E-state index contributed by atoms with van der Waals surface area (Å²) in [5.41, 5.74) is 0. The zero-order valence-electron chi connectivity index (χ0n) is 5.72. The van der Waals surface area contributed by atoms with Gasteiger partial charge < -0.3 is 5.32 Å². The molecule has 1 aromatic heterocycles. The van der Waals surface area contributed by atoms with Gasteiger partial charge in [0.2, 0.25) is 5.91 Å². The monoisotopic (exact) mass is 139 g/mol.